The van der Waals surface area contributed by atoms with Crippen molar-refractivity contribution < 1.29 is 9.72 Å². The molecule has 1 aromatic rings. The van der Waals surface area contributed by atoms with E-state index in [-0.39, 0.29) is 5.70 Å². The molecule has 15 heavy (non-hydrogen) atoms. The zero-order valence-corrected chi connectivity index (χ0v) is 7.82. The molecule has 78 valence electrons. The molecule has 0 bridgehead atoms. The van der Waals surface area contributed by atoms with Gasteiger partial charge in [-0.2, -0.15) is 0 Å². The molecule has 0 aromatic carbocycles. The number of aromatic nitrogens is 1. The number of aldehydes is 1. The first-order valence-electron chi connectivity index (χ1n) is 4.47. The summed E-state index contributed by atoms with van der Waals surface area (Å²) in [6.07, 6.45) is 2.53. The molecule has 0 radical (unpaired) electrons. The number of carbonyl (C=O) groups excluding carboxylic acids is 1. The average molecular weight is 207 g/mol. The molecule has 0 amide bonds. The molecule has 0 unspecified atom stereocenters. The lowest BCUT2D eigenvalue weighted by Crippen LogP contribution is -2.05. The van der Waals surface area contributed by atoms with Gasteiger partial charge in [-0.3, -0.25) is 14.9 Å². The molecule has 2 N–H and O–H groups in total. The fraction of sp³-hybridized carbons (Fsp3) is 0.222. The van der Waals surface area contributed by atoms with Crippen molar-refractivity contribution in [2.75, 3.05) is 11.9 Å². The molecule has 6 nitrogen and oxygen atoms in total. The number of nitrogens with zero attached hydrogens (tertiary/aromatic N) is 1. The number of hydrogen-bond donors (Lipinski definition) is 2. The van der Waals surface area contributed by atoms with Gasteiger partial charge in [-0.15, -0.1) is 0 Å². The first kappa shape index (κ1) is 9.45. The molecule has 6 heteroatoms. The Bertz CT molecular complexity index is 447. The molecule has 1 aliphatic heterocycles. The van der Waals surface area contributed by atoms with Gasteiger partial charge in [-0.05, 0) is 6.07 Å². The third-order valence-corrected chi connectivity index (χ3v) is 2.24. The van der Waals surface area contributed by atoms with Crippen LogP contribution in [0.4, 0.5) is 5.82 Å². The lowest BCUT2D eigenvalue weighted by Gasteiger charge is -1.99. The number of rotatable bonds is 2. The summed E-state index contributed by atoms with van der Waals surface area (Å²) in [5.41, 5.74) is 1.22. The van der Waals surface area contributed by atoms with Gasteiger partial charge in [0.15, 0.2) is 6.29 Å². The largest absolute Gasteiger partial charge is 0.371 e. The van der Waals surface area contributed by atoms with E-state index in [0.29, 0.717) is 36.3 Å². The predicted octanol–water partition coefficient (Wildman–Crippen LogP) is 1.26. The molecule has 1 aliphatic rings. The average Bonchev–Trinajstić information content (AvgIpc) is 2.49. The molecule has 2 heterocycles. The van der Waals surface area contributed by atoms with Crippen molar-refractivity contribution in [3.05, 3.63) is 33.1 Å². The maximum atomic E-state index is 10.6. The van der Waals surface area contributed by atoms with E-state index in [0.717, 1.165) is 0 Å². The molecule has 1 aromatic heterocycles. The van der Waals surface area contributed by atoms with Crippen molar-refractivity contribution >= 4 is 18.2 Å². The Kier molecular flexibility index (Phi) is 2.24. The van der Waals surface area contributed by atoms with Crippen LogP contribution in [0.25, 0.3) is 6.08 Å². The molecular formula is C9H9N3O3. The van der Waals surface area contributed by atoms with Crippen LogP contribution < -0.4 is 5.32 Å². The zero-order chi connectivity index (χ0) is 10.8. The highest BCUT2D eigenvalue weighted by Gasteiger charge is 2.17. The van der Waals surface area contributed by atoms with Gasteiger partial charge in [-0.1, -0.05) is 0 Å². The van der Waals surface area contributed by atoms with Crippen LogP contribution in [0.1, 0.15) is 22.5 Å². The minimum atomic E-state index is -0.398. The molecular weight excluding hydrogens is 198 g/mol. The Morgan fingerprint density at radius 1 is 1.53 bits per heavy atom. The highest BCUT2D eigenvalue weighted by molar-refractivity contribution is 5.79. The Balaban J connectivity index is 2.44. The summed E-state index contributed by atoms with van der Waals surface area (Å²) in [5.74, 6) is 0.661. The SMILES string of the molecule is O=Cc1cc2c([nH]1)NCCC([N+](=O)[O-])=C2. The molecule has 2 rings (SSSR count). The number of fused-ring (bicyclic) bond motifs is 1. The Morgan fingerprint density at radius 3 is 3.00 bits per heavy atom. The molecule has 0 atom stereocenters. The van der Waals surface area contributed by atoms with E-state index in [1.807, 2.05) is 0 Å². The number of anilines is 1. The van der Waals surface area contributed by atoms with Crippen LogP contribution in [0.15, 0.2) is 11.8 Å². The second-order valence-electron chi connectivity index (χ2n) is 3.24. The van der Waals surface area contributed by atoms with Gasteiger partial charge in [0.2, 0.25) is 5.70 Å². The highest BCUT2D eigenvalue weighted by Crippen LogP contribution is 2.23. The van der Waals surface area contributed by atoms with Crippen molar-refractivity contribution in [2.45, 2.75) is 6.42 Å². The Hall–Kier alpha value is -2.11. The van der Waals surface area contributed by atoms with Gasteiger partial charge in [0.25, 0.3) is 0 Å². The number of hydrogen-bond acceptors (Lipinski definition) is 4. The van der Waals surface area contributed by atoms with Crippen LogP contribution in [0, 0.1) is 10.1 Å². The highest BCUT2D eigenvalue weighted by atomic mass is 16.6. The third-order valence-electron chi connectivity index (χ3n) is 2.24. The van der Waals surface area contributed by atoms with Gasteiger partial charge >= 0.3 is 0 Å². The second-order valence-corrected chi connectivity index (χ2v) is 3.24. The number of carbonyl (C=O) groups is 1. The monoisotopic (exact) mass is 207 g/mol. The minimum absolute atomic E-state index is 0.151. The van der Waals surface area contributed by atoms with Crippen LogP contribution in [0.2, 0.25) is 0 Å². The summed E-state index contributed by atoms with van der Waals surface area (Å²) >= 11 is 0. The lowest BCUT2D eigenvalue weighted by atomic mass is 10.2. The number of nitro groups is 1. The van der Waals surface area contributed by atoms with Crippen LogP contribution in [-0.2, 0) is 0 Å². The van der Waals surface area contributed by atoms with E-state index >= 15 is 0 Å². The van der Waals surface area contributed by atoms with Crippen molar-refractivity contribution in [1.29, 1.82) is 0 Å². The van der Waals surface area contributed by atoms with Crippen LogP contribution >= 0.6 is 0 Å². The van der Waals surface area contributed by atoms with E-state index in [9.17, 15) is 14.9 Å². The van der Waals surface area contributed by atoms with Gasteiger partial charge < -0.3 is 10.3 Å². The minimum Gasteiger partial charge on any atom is -0.371 e. The predicted molar refractivity (Wildman–Crippen MR) is 54.3 cm³/mol. The number of nitrogens with one attached hydrogen (secondary N) is 2. The number of H-pyrrole nitrogens is 1. The van der Waals surface area contributed by atoms with E-state index in [4.69, 9.17) is 0 Å². The lowest BCUT2D eigenvalue weighted by molar-refractivity contribution is -0.425. The summed E-state index contributed by atoms with van der Waals surface area (Å²) in [7, 11) is 0. The van der Waals surface area contributed by atoms with Crippen molar-refractivity contribution in [2.24, 2.45) is 0 Å². The summed E-state index contributed by atoms with van der Waals surface area (Å²) in [6.45, 7) is 0.485. The maximum absolute atomic E-state index is 10.6. The van der Waals surface area contributed by atoms with Gasteiger partial charge in [0, 0.05) is 18.2 Å². The molecule has 0 fully saturated rings. The molecule has 0 saturated heterocycles. The van der Waals surface area contributed by atoms with Gasteiger partial charge in [0.05, 0.1) is 17.0 Å². The first-order valence-corrected chi connectivity index (χ1v) is 4.47. The zero-order valence-electron chi connectivity index (χ0n) is 7.82. The van der Waals surface area contributed by atoms with E-state index in [1.54, 1.807) is 6.07 Å². The molecule has 0 aliphatic carbocycles. The molecule has 0 saturated carbocycles. The molecule has 0 spiro atoms. The van der Waals surface area contributed by atoms with Crippen LogP contribution in [0.5, 0.6) is 0 Å². The quantitative estimate of drug-likeness (QED) is 0.434. The normalized spacial score (nSPS) is 14.5. The topological polar surface area (TPSA) is 88.0 Å². The summed E-state index contributed by atoms with van der Waals surface area (Å²) in [5, 5.41) is 13.6. The standard InChI is InChI=1S/C9H9N3O3/c13-5-7-3-6-4-8(12(14)15)1-2-10-9(6)11-7/h3-5,10-11H,1-2H2. The summed E-state index contributed by atoms with van der Waals surface area (Å²) in [6, 6.07) is 1.59. The summed E-state index contributed by atoms with van der Waals surface area (Å²) in [4.78, 5) is 23.6. The fourth-order valence-corrected chi connectivity index (χ4v) is 1.53. The smallest absolute Gasteiger partial charge is 0.248 e. The van der Waals surface area contributed by atoms with Crippen molar-refractivity contribution in [1.82, 2.24) is 4.98 Å². The van der Waals surface area contributed by atoms with Crippen molar-refractivity contribution in [3.8, 4) is 0 Å². The van der Waals surface area contributed by atoms with Crippen molar-refractivity contribution in [3.63, 3.8) is 0 Å². The summed E-state index contributed by atoms with van der Waals surface area (Å²) < 4.78 is 0. The van der Waals surface area contributed by atoms with Gasteiger partial charge in [-0.25, -0.2) is 0 Å². The number of aromatic amines is 1. The van der Waals surface area contributed by atoms with E-state index in [1.165, 1.54) is 6.08 Å². The first-order chi connectivity index (χ1) is 7.20. The van der Waals surface area contributed by atoms with Gasteiger partial charge in [0.1, 0.15) is 5.82 Å². The maximum Gasteiger partial charge on any atom is 0.248 e. The van der Waals surface area contributed by atoms with Crippen LogP contribution in [-0.4, -0.2) is 22.7 Å². The fourth-order valence-electron chi connectivity index (χ4n) is 1.53. The van der Waals surface area contributed by atoms with E-state index < -0.39 is 4.92 Å². The Labute approximate surface area is 85.1 Å². The van der Waals surface area contributed by atoms with Crippen LogP contribution in [0.3, 0.4) is 0 Å². The van der Waals surface area contributed by atoms with E-state index in [2.05, 4.69) is 10.3 Å². The second kappa shape index (κ2) is 3.56. The Morgan fingerprint density at radius 2 is 2.33 bits per heavy atom. The third kappa shape index (κ3) is 1.74.